The van der Waals surface area contributed by atoms with Gasteiger partial charge in [-0.05, 0) is 26.3 Å². The van der Waals surface area contributed by atoms with Crippen LogP contribution >= 0.6 is 0 Å². The minimum atomic E-state index is -0.00613. The maximum absolute atomic E-state index is 10.9. The predicted molar refractivity (Wildman–Crippen MR) is 61.0 cm³/mol. The summed E-state index contributed by atoms with van der Waals surface area (Å²) in [6, 6.07) is 0.0555. The van der Waals surface area contributed by atoms with E-state index in [1.807, 2.05) is 51.2 Å². The van der Waals surface area contributed by atoms with Crippen molar-refractivity contribution >= 4 is 5.91 Å². The highest BCUT2D eigenvalue weighted by Gasteiger charge is 2.05. The molecule has 0 bridgehead atoms. The molecule has 78 valence electrons. The number of hydrogen-bond acceptors (Lipinski definition) is 1. The standard InChI is InChI=1S/C12H19NO/c1-5-7-9-12(8-6-2)10(3)13-11(4)14/h5-10H,1-4H3,(H,13,14)/b7-5-,8-6-,12-9+. The first-order valence-corrected chi connectivity index (χ1v) is 4.84. The zero-order valence-electron chi connectivity index (χ0n) is 9.37. The van der Waals surface area contributed by atoms with E-state index >= 15 is 0 Å². The van der Waals surface area contributed by atoms with Gasteiger partial charge in [-0.1, -0.05) is 30.4 Å². The van der Waals surface area contributed by atoms with Crippen molar-refractivity contribution in [1.82, 2.24) is 5.32 Å². The third-order valence-electron chi connectivity index (χ3n) is 1.76. The van der Waals surface area contributed by atoms with Crippen molar-refractivity contribution in [3.63, 3.8) is 0 Å². The molecule has 0 fully saturated rings. The Kier molecular flexibility index (Phi) is 6.46. The van der Waals surface area contributed by atoms with Crippen LogP contribution < -0.4 is 5.32 Å². The lowest BCUT2D eigenvalue weighted by atomic mass is 10.1. The number of carbonyl (C=O) groups excluding carboxylic acids is 1. The number of carbonyl (C=O) groups is 1. The quantitative estimate of drug-likeness (QED) is 0.683. The fraction of sp³-hybridized carbons (Fsp3) is 0.417. The Hall–Kier alpha value is -1.31. The van der Waals surface area contributed by atoms with Crippen molar-refractivity contribution in [2.24, 2.45) is 0 Å². The lowest BCUT2D eigenvalue weighted by Gasteiger charge is -2.13. The van der Waals surface area contributed by atoms with Crippen LogP contribution in [0.2, 0.25) is 0 Å². The van der Waals surface area contributed by atoms with Crippen molar-refractivity contribution < 1.29 is 4.79 Å². The average Bonchev–Trinajstić information content (AvgIpc) is 2.10. The van der Waals surface area contributed by atoms with Gasteiger partial charge in [0.2, 0.25) is 5.91 Å². The van der Waals surface area contributed by atoms with Gasteiger partial charge in [-0.2, -0.15) is 0 Å². The predicted octanol–water partition coefficient (Wildman–Crippen LogP) is 2.59. The number of allylic oxidation sites excluding steroid dienone is 4. The van der Waals surface area contributed by atoms with Crippen molar-refractivity contribution in [3.8, 4) is 0 Å². The average molecular weight is 193 g/mol. The molecule has 1 unspecified atom stereocenters. The summed E-state index contributed by atoms with van der Waals surface area (Å²) in [7, 11) is 0. The molecule has 0 heterocycles. The van der Waals surface area contributed by atoms with Crippen molar-refractivity contribution in [1.29, 1.82) is 0 Å². The molecule has 0 aliphatic carbocycles. The maximum Gasteiger partial charge on any atom is 0.217 e. The summed E-state index contributed by atoms with van der Waals surface area (Å²) < 4.78 is 0. The fourth-order valence-corrected chi connectivity index (χ4v) is 1.13. The smallest absolute Gasteiger partial charge is 0.217 e. The summed E-state index contributed by atoms with van der Waals surface area (Å²) in [5.74, 6) is -0.00613. The van der Waals surface area contributed by atoms with Crippen molar-refractivity contribution in [3.05, 3.63) is 36.0 Å². The molecule has 0 aromatic heterocycles. The van der Waals surface area contributed by atoms with E-state index in [-0.39, 0.29) is 11.9 Å². The molecular formula is C12H19NO. The van der Waals surface area contributed by atoms with Gasteiger partial charge in [-0.25, -0.2) is 0 Å². The molecule has 1 atom stereocenters. The van der Waals surface area contributed by atoms with E-state index in [4.69, 9.17) is 0 Å². The van der Waals surface area contributed by atoms with Crippen LogP contribution in [0.1, 0.15) is 27.7 Å². The Morgan fingerprint density at radius 1 is 1.29 bits per heavy atom. The first-order valence-electron chi connectivity index (χ1n) is 4.84. The summed E-state index contributed by atoms with van der Waals surface area (Å²) in [5.41, 5.74) is 1.10. The van der Waals surface area contributed by atoms with E-state index in [2.05, 4.69) is 5.32 Å². The van der Waals surface area contributed by atoms with Gasteiger partial charge in [0.1, 0.15) is 0 Å². The molecule has 0 rings (SSSR count). The van der Waals surface area contributed by atoms with Gasteiger partial charge in [0, 0.05) is 6.92 Å². The Balaban J connectivity index is 4.56. The number of amides is 1. The SMILES string of the molecule is C\C=C/C=C(\C=C/C)C(C)NC(C)=O. The Morgan fingerprint density at radius 3 is 2.36 bits per heavy atom. The highest BCUT2D eigenvalue weighted by atomic mass is 16.1. The van der Waals surface area contributed by atoms with Crippen LogP contribution in [0.15, 0.2) is 36.0 Å². The maximum atomic E-state index is 10.9. The monoisotopic (exact) mass is 193 g/mol. The first kappa shape index (κ1) is 12.7. The Labute approximate surface area is 86.4 Å². The zero-order valence-corrected chi connectivity index (χ0v) is 9.37. The molecular weight excluding hydrogens is 174 g/mol. The van der Waals surface area contributed by atoms with Gasteiger partial charge in [-0.15, -0.1) is 0 Å². The highest BCUT2D eigenvalue weighted by Crippen LogP contribution is 2.04. The van der Waals surface area contributed by atoms with Crippen molar-refractivity contribution in [2.45, 2.75) is 33.7 Å². The molecule has 0 aliphatic heterocycles. The molecule has 0 radical (unpaired) electrons. The molecule has 0 spiro atoms. The summed E-state index contributed by atoms with van der Waals surface area (Å²) in [6.45, 7) is 7.42. The zero-order chi connectivity index (χ0) is 11.0. The van der Waals surface area contributed by atoms with E-state index in [1.165, 1.54) is 6.92 Å². The van der Waals surface area contributed by atoms with Crippen LogP contribution in [0.4, 0.5) is 0 Å². The molecule has 1 amide bonds. The van der Waals surface area contributed by atoms with Crippen LogP contribution in [0.5, 0.6) is 0 Å². The van der Waals surface area contributed by atoms with E-state index in [9.17, 15) is 4.79 Å². The third-order valence-corrected chi connectivity index (χ3v) is 1.76. The topological polar surface area (TPSA) is 29.1 Å². The molecule has 2 nitrogen and oxygen atoms in total. The van der Waals surface area contributed by atoms with E-state index in [0.29, 0.717) is 0 Å². The number of rotatable bonds is 4. The minimum absolute atomic E-state index is 0.00613. The molecule has 2 heteroatoms. The van der Waals surface area contributed by atoms with Crippen molar-refractivity contribution in [2.75, 3.05) is 0 Å². The van der Waals surface area contributed by atoms with Gasteiger partial charge in [0.25, 0.3) is 0 Å². The molecule has 14 heavy (non-hydrogen) atoms. The summed E-state index contributed by atoms with van der Waals surface area (Å²) in [4.78, 5) is 10.9. The number of nitrogens with one attached hydrogen (secondary N) is 1. The van der Waals surface area contributed by atoms with Crippen LogP contribution in [-0.4, -0.2) is 11.9 Å². The van der Waals surface area contributed by atoms with Gasteiger partial charge in [0.05, 0.1) is 6.04 Å². The second-order valence-corrected chi connectivity index (χ2v) is 3.11. The van der Waals surface area contributed by atoms with Crippen LogP contribution in [-0.2, 0) is 4.79 Å². The third kappa shape index (κ3) is 5.36. The van der Waals surface area contributed by atoms with Gasteiger partial charge in [-0.3, -0.25) is 4.79 Å². The van der Waals surface area contributed by atoms with Crippen LogP contribution in [0.3, 0.4) is 0 Å². The second-order valence-electron chi connectivity index (χ2n) is 3.11. The fourth-order valence-electron chi connectivity index (χ4n) is 1.13. The van der Waals surface area contributed by atoms with Gasteiger partial charge < -0.3 is 5.32 Å². The van der Waals surface area contributed by atoms with Crippen LogP contribution in [0.25, 0.3) is 0 Å². The first-order chi connectivity index (χ1) is 6.61. The number of hydrogen-bond donors (Lipinski definition) is 1. The molecule has 0 aliphatic rings. The van der Waals surface area contributed by atoms with E-state index < -0.39 is 0 Å². The summed E-state index contributed by atoms with van der Waals surface area (Å²) in [5, 5.41) is 2.84. The highest BCUT2D eigenvalue weighted by molar-refractivity contribution is 5.73. The largest absolute Gasteiger partial charge is 0.350 e. The Morgan fingerprint density at radius 2 is 1.93 bits per heavy atom. The summed E-state index contributed by atoms with van der Waals surface area (Å²) >= 11 is 0. The van der Waals surface area contributed by atoms with Gasteiger partial charge in [0.15, 0.2) is 0 Å². The lowest BCUT2D eigenvalue weighted by Crippen LogP contribution is -2.31. The molecule has 0 aromatic carbocycles. The Bertz CT molecular complexity index is 261. The normalized spacial score (nSPS) is 15.0. The second kappa shape index (κ2) is 7.13. The molecule has 0 saturated heterocycles. The van der Waals surface area contributed by atoms with E-state index in [1.54, 1.807) is 0 Å². The van der Waals surface area contributed by atoms with E-state index in [0.717, 1.165) is 5.57 Å². The summed E-state index contributed by atoms with van der Waals surface area (Å²) in [6.07, 6.45) is 9.90. The lowest BCUT2D eigenvalue weighted by molar-refractivity contribution is -0.119. The van der Waals surface area contributed by atoms with Gasteiger partial charge >= 0.3 is 0 Å². The minimum Gasteiger partial charge on any atom is -0.350 e. The molecule has 1 N–H and O–H groups in total. The molecule has 0 saturated carbocycles. The van der Waals surface area contributed by atoms with Crippen LogP contribution in [0, 0.1) is 0 Å². The molecule has 0 aromatic rings.